The molecule has 2 aliphatic heterocycles. The van der Waals surface area contributed by atoms with Gasteiger partial charge in [0.2, 0.25) is 0 Å². The largest absolute Gasteiger partial charge is 0.497 e. The van der Waals surface area contributed by atoms with Crippen LogP contribution >= 0.6 is 0 Å². The number of hydrogen-bond donors (Lipinski definition) is 3. The Balaban J connectivity index is 1.22. The Morgan fingerprint density at radius 3 is 2.45 bits per heavy atom. The molecule has 12 heteroatoms. The van der Waals surface area contributed by atoms with Crippen molar-refractivity contribution in [1.82, 2.24) is 15.0 Å². The summed E-state index contributed by atoms with van der Waals surface area (Å²) in [4.78, 5) is 29.2. The number of amides is 2. The maximum Gasteiger partial charge on any atom is 0.264 e. The zero-order chi connectivity index (χ0) is 38.9. The van der Waals surface area contributed by atoms with Crippen LogP contribution in [-0.4, -0.2) is 71.0 Å². The summed E-state index contributed by atoms with van der Waals surface area (Å²) in [7, 11) is -0.706. The van der Waals surface area contributed by atoms with E-state index in [1.165, 1.54) is 12.1 Å². The number of carbonyl (C=O) groups is 2. The molecule has 0 bridgehead atoms. The van der Waals surface area contributed by atoms with E-state index in [0.29, 0.717) is 24.3 Å². The maximum absolute atomic E-state index is 15.2. The van der Waals surface area contributed by atoms with Crippen molar-refractivity contribution in [3.8, 4) is 5.75 Å². The number of benzene rings is 4. The first-order valence-electron chi connectivity index (χ1n) is 18.9. The summed E-state index contributed by atoms with van der Waals surface area (Å²) in [6.45, 7) is 9.02. The molecule has 286 valence electrons. The van der Waals surface area contributed by atoms with E-state index in [1.807, 2.05) is 101 Å². The van der Waals surface area contributed by atoms with Crippen LogP contribution in [0.5, 0.6) is 5.75 Å². The minimum atomic E-state index is -2.37. The zero-order valence-electron chi connectivity index (χ0n) is 31.9. The number of fused-ring (bicyclic) bond motifs is 2. The van der Waals surface area contributed by atoms with Crippen molar-refractivity contribution in [2.75, 3.05) is 23.9 Å². The molecular formula is C43H49N5O6Si. The van der Waals surface area contributed by atoms with Crippen LogP contribution < -0.4 is 20.1 Å². The molecule has 2 amide bonds. The SMILES string of the molecule is COc1ccc([Si](C)(C)[C@H]2[C@H](CCn3cc(C(CO)c4ccccc4)nn3)O[C@@]3(C(=O)N(Cc4cccc(NC(=O)[C@H](C)O)c4)c4ccccc43)[C@@H]2C)cc1. The third kappa shape index (κ3) is 7.11. The van der Waals surface area contributed by atoms with Gasteiger partial charge in [-0.15, -0.1) is 5.10 Å². The second kappa shape index (κ2) is 15.5. The van der Waals surface area contributed by atoms with Gasteiger partial charge in [-0.1, -0.05) is 103 Å². The van der Waals surface area contributed by atoms with Crippen molar-refractivity contribution in [1.29, 1.82) is 0 Å². The number of aryl methyl sites for hydroxylation is 1. The van der Waals surface area contributed by atoms with Gasteiger partial charge in [-0.05, 0) is 60.3 Å². The number of hydrogen-bond acceptors (Lipinski definition) is 8. The highest BCUT2D eigenvalue weighted by atomic mass is 28.3. The molecule has 0 aliphatic carbocycles. The summed E-state index contributed by atoms with van der Waals surface area (Å²) in [6.07, 6.45) is 1.06. The van der Waals surface area contributed by atoms with Gasteiger partial charge in [-0.2, -0.15) is 0 Å². The van der Waals surface area contributed by atoms with Crippen molar-refractivity contribution < 1.29 is 29.3 Å². The summed E-state index contributed by atoms with van der Waals surface area (Å²) in [6, 6.07) is 33.4. The van der Waals surface area contributed by atoms with Crippen LogP contribution in [0, 0.1) is 5.92 Å². The number of nitrogens with zero attached hydrogens (tertiary/aromatic N) is 4. The zero-order valence-corrected chi connectivity index (χ0v) is 32.9. The number of aromatic nitrogens is 3. The fourth-order valence-corrected chi connectivity index (χ4v) is 12.8. The second-order valence-electron chi connectivity index (χ2n) is 15.3. The molecule has 6 atom stereocenters. The van der Waals surface area contributed by atoms with Crippen molar-refractivity contribution >= 4 is 36.4 Å². The molecule has 4 aromatic carbocycles. The Morgan fingerprint density at radius 2 is 1.75 bits per heavy atom. The number of rotatable bonds is 13. The minimum absolute atomic E-state index is 0.0364. The summed E-state index contributed by atoms with van der Waals surface area (Å²) >= 11 is 0. The molecule has 1 aromatic heterocycles. The van der Waals surface area contributed by atoms with Crippen LogP contribution in [0.15, 0.2) is 109 Å². The Labute approximate surface area is 322 Å². The van der Waals surface area contributed by atoms with Gasteiger partial charge in [-0.3, -0.25) is 14.3 Å². The predicted octanol–water partition coefficient (Wildman–Crippen LogP) is 5.58. The Morgan fingerprint density at radius 1 is 1.02 bits per heavy atom. The summed E-state index contributed by atoms with van der Waals surface area (Å²) in [5, 5.41) is 33.0. The van der Waals surface area contributed by atoms with Gasteiger partial charge >= 0.3 is 0 Å². The van der Waals surface area contributed by atoms with Crippen LogP contribution in [-0.2, 0) is 33.0 Å². The number of para-hydroxylation sites is 1. The molecule has 7 rings (SSSR count). The highest BCUT2D eigenvalue weighted by Crippen LogP contribution is 2.60. The molecule has 3 N–H and O–H groups in total. The van der Waals surface area contributed by atoms with E-state index < -0.39 is 25.7 Å². The van der Waals surface area contributed by atoms with E-state index >= 15 is 4.79 Å². The van der Waals surface area contributed by atoms with Gasteiger partial charge in [-0.25, -0.2) is 0 Å². The van der Waals surface area contributed by atoms with Crippen LogP contribution in [0.25, 0.3) is 0 Å². The number of nitrogens with one attached hydrogen (secondary N) is 1. The number of methoxy groups -OCH3 is 1. The van der Waals surface area contributed by atoms with E-state index in [1.54, 1.807) is 13.2 Å². The Kier molecular flexibility index (Phi) is 10.8. The minimum Gasteiger partial charge on any atom is -0.497 e. The number of anilines is 2. The Hall–Kier alpha value is -5.14. The van der Waals surface area contributed by atoms with E-state index in [-0.39, 0.29) is 42.5 Å². The highest BCUT2D eigenvalue weighted by molar-refractivity contribution is 6.91. The molecule has 11 nitrogen and oxygen atoms in total. The maximum atomic E-state index is 15.2. The first-order chi connectivity index (χ1) is 26.5. The normalized spacial score (nSPS) is 21.8. The lowest BCUT2D eigenvalue weighted by Crippen LogP contribution is -2.51. The molecule has 1 unspecified atom stereocenters. The number of ether oxygens (including phenoxy) is 2. The first kappa shape index (κ1) is 38.1. The number of aliphatic hydroxyl groups excluding tert-OH is 2. The van der Waals surface area contributed by atoms with Crippen LogP contribution in [0.1, 0.15) is 48.6 Å². The highest BCUT2D eigenvalue weighted by Gasteiger charge is 2.66. The van der Waals surface area contributed by atoms with E-state index in [2.05, 4.69) is 47.8 Å². The van der Waals surface area contributed by atoms with Crippen LogP contribution in [0.3, 0.4) is 0 Å². The van der Waals surface area contributed by atoms with Gasteiger partial charge in [0.25, 0.3) is 11.8 Å². The number of carbonyl (C=O) groups excluding carboxylic acids is 2. The van der Waals surface area contributed by atoms with Gasteiger partial charge in [0, 0.05) is 29.9 Å². The third-order valence-corrected chi connectivity index (χ3v) is 16.0. The molecule has 1 fully saturated rings. The van der Waals surface area contributed by atoms with Crippen molar-refractivity contribution in [3.05, 3.63) is 132 Å². The van der Waals surface area contributed by atoms with Gasteiger partial charge < -0.3 is 29.9 Å². The summed E-state index contributed by atoms with van der Waals surface area (Å²) in [5.41, 5.74) is 3.51. The average molecular weight is 760 g/mol. The molecule has 55 heavy (non-hydrogen) atoms. The third-order valence-electron chi connectivity index (χ3n) is 11.6. The lowest BCUT2D eigenvalue weighted by molar-refractivity contribution is -0.146. The van der Waals surface area contributed by atoms with E-state index in [9.17, 15) is 15.0 Å². The second-order valence-corrected chi connectivity index (χ2v) is 20.0. The smallest absolute Gasteiger partial charge is 0.264 e. The Bertz CT molecular complexity index is 2140. The fourth-order valence-electron chi connectivity index (χ4n) is 8.77. The molecule has 0 saturated carbocycles. The van der Waals surface area contributed by atoms with E-state index in [0.717, 1.165) is 28.1 Å². The van der Waals surface area contributed by atoms with Gasteiger partial charge in [0.15, 0.2) is 5.60 Å². The topological polar surface area (TPSA) is 139 Å². The lowest BCUT2D eigenvalue weighted by atomic mass is 9.82. The van der Waals surface area contributed by atoms with Crippen LogP contribution in [0.4, 0.5) is 11.4 Å². The lowest BCUT2D eigenvalue weighted by Gasteiger charge is -2.37. The van der Waals surface area contributed by atoms with Crippen molar-refractivity contribution in [2.45, 2.75) is 75.7 Å². The molecule has 0 radical (unpaired) electrons. The molecule has 2 aliphatic rings. The van der Waals surface area contributed by atoms with E-state index in [4.69, 9.17) is 9.47 Å². The molecule has 5 aromatic rings. The van der Waals surface area contributed by atoms with Crippen molar-refractivity contribution in [3.63, 3.8) is 0 Å². The fraction of sp³-hybridized carbons (Fsp3) is 0.349. The number of aliphatic hydroxyl groups is 2. The summed E-state index contributed by atoms with van der Waals surface area (Å²) < 4.78 is 14.6. The molecule has 3 heterocycles. The van der Waals surface area contributed by atoms with Crippen molar-refractivity contribution in [2.24, 2.45) is 5.92 Å². The molecule has 1 saturated heterocycles. The molecule has 1 spiro atoms. The predicted molar refractivity (Wildman–Crippen MR) is 214 cm³/mol. The molecular weight excluding hydrogens is 711 g/mol. The van der Waals surface area contributed by atoms with Crippen LogP contribution in [0.2, 0.25) is 18.6 Å². The first-order valence-corrected chi connectivity index (χ1v) is 21.9. The van der Waals surface area contributed by atoms with Gasteiger partial charge in [0.05, 0.1) is 51.7 Å². The summed E-state index contributed by atoms with van der Waals surface area (Å²) in [5.74, 6) is -0.285. The monoisotopic (exact) mass is 759 g/mol. The van der Waals surface area contributed by atoms with Gasteiger partial charge in [0.1, 0.15) is 11.9 Å². The quantitative estimate of drug-likeness (QED) is 0.132. The standard InChI is InChI=1S/C43H49N5O6Si/c1-28-40(55(4,5)34-20-18-33(53-3)19-21-34)39(22-23-47-26-37(45-46-47)35(27-49)31-13-7-6-8-14-31)54-43(28)36-16-9-10-17-38(36)48(42(43)52)25-30-12-11-15-32(24-30)44-41(51)29(2)50/h6-21,24,26,28-29,35,39-40,49-50H,22-23,25,27H2,1-5H3,(H,44,51)/t28-,29+,35?,39+,40-,43+/m1/s1. The average Bonchev–Trinajstić information content (AvgIpc) is 3.85.